The van der Waals surface area contributed by atoms with Crippen molar-refractivity contribution in [2.45, 2.75) is 64.8 Å². The molecule has 0 aromatic heterocycles. The van der Waals surface area contributed by atoms with Crippen LogP contribution in [0.2, 0.25) is 0 Å². The Morgan fingerprint density at radius 3 is 1.71 bits per heavy atom. The summed E-state index contributed by atoms with van der Waals surface area (Å²) in [6, 6.07) is -2.17. The minimum atomic E-state index is -1.17. The molecule has 0 rings (SSSR count). The number of nitrogens with one attached hydrogen (secondary N) is 2. The van der Waals surface area contributed by atoms with Crippen molar-refractivity contribution in [1.29, 1.82) is 0 Å². The van der Waals surface area contributed by atoms with Crippen molar-refractivity contribution < 1.29 is 38.1 Å². The largest absolute Gasteiger partial charge is 0.467 e. The third kappa shape index (κ3) is 13.0. The Balaban J connectivity index is 4.98. The quantitative estimate of drug-likeness (QED) is 0.288. The molecule has 0 spiro atoms. The molecule has 2 N–H and O–H groups in total. The Labute approximate surface area is 190 Å². The molecule has 0 aliphatic heterocycles. The molecule has 0 aromatic carbocycles. The summed E-state index contributed by atoms with van der Waals surface area (Å²) in [5.41, 5.74) is -1.49. The molecule has 10 nitrogen and oxygen atoms in total. The molecule has 12 heteroatoms. The van der Waals surface area contributed by atoms with Crippen LogP contribution in [0.4, 0.5) is 9.59 Å². The van der Waals surface area contributed by atoms with Crippen LogP contribution >= 0.6 is 21.6 Å². The first-order chi connectivity index (χ1) is 14.1. The van der Waals surface area contributed by atoms with Gasteiger partial charge in [0.2, 0.25) is 0 Å². The summed E-state index contributed by atoms with van der Waals surface area (Å²) in [5, 5.41) is 4.84. The number of amides is 2. The van der Waals surface area contributed by atoms with E-state index < -0.39 is 47.4 Å². The van der Waals surface area contributed by atoms with Crippen LogP contribution in [-0.4, -0.2) is 67.4 Å². The van der Waals surface area contributed by atoms with Crippen molar-refractivity contribution in [1.82, 2.24) is 10.6 Å². The maximum Gasteiger partial charge on any atom is 0.408 e. The molecule has 2 amide bonds. The predicted molar refractivity (Wildman–Crippen MR) is 120 cm³/mol. The van der Waals surface area contributed by atoms with E-state index in [0.29, 0.717) is 0 Å². The molecule has 2 atom stereocenters. The smallest absolute Gasteiger partial charge is 0.408 e. The maximum absolute atomic E-state index is 12.1. The average molecular weight is 481 g/mol. The lowest BCUT2D eigenvalue weighted by atomic mass is 10.2. The molecule has 0 bridgehead atoms. The Kier molecular flexibility index (Phi) is 11.8. The Morgan fingerprint density at radius 1 is 0.839 bits per heavy atom. The molecule has 0 saturated heterocycles. The molecule has 0 aliphatic rings. The zero-order chi connectivity index (χ0) is 24.4. The fraction of sp³-hybridized carbons (Fsp3) is 0.684. The van der Waals surface area contributed by atoms with Gasteiger partial charge in [0.1, 0.15) is 17.2 Å². The molecule has 0 aliphatic carbocycles. The first-order valence-electron chi connectivity index (χ1n) is 9.22. The lowest BCUT2D eigenvalue weighted by Gasteiger charge is -2.24. The second-order valence-corrected chi connectivity index (χ2v) is 10.6. The Hall–Kier alpha value is -2.08. The second-order valence-electron chi connectivity index (χ2n) is 8.16. The van der Waals surface area contributed by atoms with Crippen molar-refractivity contribution in [3.8, 4) is 0 Å². The molecule has 0 radical (unpaired) electrons. The number of hydrogen-bond donors (Lipinski definition) is 2. The number of methoxy groups -OCH3 is 2. The summed E-state index contributed by atoms with van der Waals surface area (Å²) in [6.45, 7) is 13.9. The van der Waals surface area contributed by atoms with E-state index in [4.69, 9.17) is 18.9 Å². The molecule has 0 heterocycles. The van der Waals surface area contributed by atoms with Crippen molar-refractivity contribution >= 4 is 45.7 Å². The van der Waals surface area contributed by atoms with E-state index >= 15 is 0 Å². The highest BCUT2D eigenvalue weighted by molar-refractivity contribution is 8.78. The van der Waals surface area contributed by atoms with Gasteiger partial charge in [-0.05, 0) is 41.5 Å². The number of ether oxygens (including phenoxy) is 4. The molecule has 0 fully saturated rings. The van der Waals surface area contributed by atoms with Crippen LogP contribution in [0.3, 0.4) is 0 Å². The van der Waals surface area contributed by atoms with Crippen LogP contribution in [0, 0.1) is 0 Å². The van der Waals surface area contributed by atoms with Crippen molar-refractivity contribution in [2.75, 3.05) is 20.0 Å². The van der Waals surface area contributed by atoms with Crippen LogP contribution in [0.15, 0.2) is 11.5 Å². The molecule has 0 aromatic rings. The number of carbonyl (C=O) groups is 4. The Bertz CT molecular complexity index is 671. The third-order valence-electron chi connectivity index (χ3n) is 3.00. The van der Waals surface area contributed by atoms with Crippen LogP contribution in [0.25, 0.3) is 0 Å². The minimum absolute atomic E-state index is 0.0793. The average Bonchev–Trinajstić information content (AvgIpc) is 2.60. The first-order valence-corrected chi connectivity index (χ1v) is 11.5. The summed E-state index contributed by atoms with van der Waals surface area (Å²) >= 11 is 0. The SMILES string of the molecule is C=C(SSC[C@@H](NC(=O)OC(C)(C)C)C(=O)OC)[C@@H](NC(=O)OC(C)(C)C)C(=O)OC. The predicted octanol–water partition coefficient (Wildman–Crippen LogP) is 3.01. The van der Waals surface area contributed by atoms with Gasteiger partial charge < -0.3 is 29.6 Å². The van der Waals surface area contributed by atoms with Crippen LogP contribution in [0.1, 0.15) is 41.5 Å². The number of carbonyl (C=O) groups excluding carboxylic acids is 4. The summed E-state index contributed by atoms with van der Waals surface area (Å²) in [6.07, 6.45) is -1.58. The minimum Gasteiger partial charge on any atom is -0.467 e. The number of alkyl carbamates (subject to hydrolysis) is 2. The molecular weight excluding hydrogens is 448 g/mol. The van der Waals surface area contributed by atoms with E-state index in [0.717, 1.165) is 21.6 Å². The van der Waals surface area contributed by atoms with Gasteiger partial charge in [-0.3, -0.25) is 0 Å². The number of hydrogen-bond acceptors (Lipinski definition) is 10. The lowest BCUT2D eigenvalue weighted by molar-refractivity contribution is -0.143. The van der Waals surface area contributed by atoms with Crippen LogP contribution in [0.5, 0.6) is 0 Å². The van der Waals surface area contributed by atoms with Gasteiger partial charge in [-0.15, -0.1) is 0 Å². The highest BCUT2D eigenvalue weighted by atomic mass is 33.1. The fourth-order valence-corrected chi connectivity index (χ4v) is 3.98. The molecule has 178 valence electrons. The van der Waals surface area contributed by atoms with E-state index in [2.05, 4.69) is 17.2 Å². The van der Waals surface area contributed by atoms with Gasteiger partial charge >= 0.3 is 24.1 Å². The van der Waals surface area contributed by atoms with E-state index in [1.54, 1.807) is 41.5 Å². The van der Waals surface area contributed by atoms with Gasteiger partial charge in [0, 0.05) is 10.7 Å². The highest BCUT2D eigenvalue weighted by Crippen LogP contribution is 2.32. The second kappa shape index (κ2) is 12.7. The summed E-state index contributed by atoms with van der Waals surface area (Å²) < 4.78 is 19.7. The topological polar surface area (TPSA) is 129 Å². The van der Waals surface area contributed by atoms with E-state index in [1.165, 1.54) is 14.2 Å². The summed E-state index contributed by atoms with van der Waals surface area (Å²) in [7, 11) is 4.52. The van der Waals surface area contributed by atoms with Gasteiger partial charge in [0.05, 0.1) is 14.2 Å². The van der Waals surface area contributed by atoms with Gasteiger partial charge in [0.25, 0.3) is 0 Å². The summed E-state index contributed by atoms with van der Waals surface area (Å²) in [4.78, 5) is 48.3. The van der Waals surface area contributed by atoms with Gasteiger partial charge in [-0.2, -0.15) is 0 Å². The molecule has 31 heavy (non-hydrogen) atoms. The third-order valence-corrected chi connectivity index (χ3v) is 5.44. The standard InChI is InChI=1S/C19H32N2O8S2/c1-11(13(15(23)27-9)21-17(25)29-19(5,6)7)31-30-10-12(14(22)26-8)20-16(24)28-18(2,3)4/h12-13H,1,10H2,2-9H3,(H,20,24)(H,21,25)/t12-,13-/m1/s1. The highest BCUT2D eigenvalue weighted by Gasteiger charge is 2.29. The van der Waals surface area contributed by atoms with Gasteiger partial charge in [-0.25, -0.2) is 19.2 Å². The summed E-state index contributed by atoms with van der Waals surface area (Å²) in [5.74, 6) is -1.32. The van der Waals surface area contributed by atoms with E-state index in [1.807, 2.05) is 0 Å². The van der Waals surface area contributed by atoms with Crippen molar-refractivity contribution in [3.05, 3.63) is 11.5 Å². The lowest BCUT2D eigenvalue weighted by Crippen LogP contribution is -2.45. The van der Waals surface area contributed by atoms with Crippen LogP contribution < -0.4 is 10.6 Å². The van der Waals surface area contributed by atoms with E-state index in [9.17, 15) is 19.2 Å². The zero-order valence-electron chi connectivity index (χ0n) is 19.2. The number of rotatable bonds is 9. The van der Waals surface area contributed by atoms with E-state index in [-0.39, 0.29) is 10.7 Å². The van der Waals surface area contributed by atoms with Gasteiger partial charge in [-0.1, -0.05) is 28.2 Å². The normalized spacial score (nSPS) is 13.3. The van der Waals surface area contributed by atoms with Crippen molar-refractivity contribution in [2.24, 2.45) is 0 Å². The first kappa shape index (κ1) is 28.9. The fourth-order valence-electron chi connectivity index (χ4n) is 1.80. The van der Waals surface area contributed by atoms with Crippen molar-refractivity contribution in [3.63, 3.8) is 0 Å². The van der Waals surface area contributed by atoms with Crippen LogP contribution in [-0.2, 0) is 28.5 Å². The molecular formula is C19H32N2O8S2. The monoisotopic (exact) mass is 480 g/mol. The molecule has 0 unspecified atom stereocenters. The maximum atomic E-state index is 12.1. The molecule has 0 saturated carbocycles. The zero-order valence-corrected chi connectivity index (χ0v) is 20.8. The van der Waals surface area contributed by atoms with Gasteiger partial charge in [0.15, 0.2) is 6.04 Å². The number of esters is 2. The Morgan fingerprint density at radius 2 is 1.29 bits per heavy atom.